The number of hydrogen-bond acceptors (Lipinski definition) is 7. The standard InChI is InChI=1S/C21H26N6O2S/c28-30(29)13-6-17(15-30)14-20-24-18-4-1-2-5-19(18)27(20)16-25-9-11-26(12-10-25)21-22-7-3-8-23-21/h1-5,7-8,17H,6,9-16H2. The summed E-state index contributed by atoms with van der Waals surface area (Å²) >= 11 is 0. The summed E-state index contributed by atoms with van der Waals surface area (Å²) in [5.41, 5.74) is 2.09. The fourth-order valence-corrected chi connectivity index (χ4v) is 6.34. The number of nitrogens with zero attached hydrogens (tertiary/aromatic N) is 6. The highest BCUT2D eigenvalue weighted by Gasteiger charge is 2.30. The molecule has 1 aromatic carbocycles. The van der Waals surface area contributed by atoms with Crippen molar-refractivity contribution in [1.29, 1.82) is 0 Å². The summed E-state index contributed by atoms with van der Waals surface area (Å²) in [6.45, 7) is 4.36. The van der Waals surface area contributed by atoms with Gasteiger partial charge in [0.1, 0.15) is 5.82 Å². The molecule has 3 aromatic rings. The van der Waals surface area contributed by atoms with Crippen LogP contribution in [0.15, 0.2) is 42.7 Å². The van der Waals surface area contributed by atoms with Gasteiger partial charge in [0.2, 0.25) is 5.95 Å². The van der Waals surface area contributed by atoms with Crippen molar-refractivity contribution in [3.63, 3.8) is 0 Å². The summed E-state index contributed by atoms with van der Waals surface area (Å²) in [6.07, 6.45) is 5.01. The molecule has 9 heteroatoms. The van der Waals surface area contributed by atoms with Crippen LogP contribution in [-0.4, -0.2) is 70.5 Å². The molecule has 0 N–H and O–H groups in total. The van der Waals surface area contributed by atoms with Gasteiger partial charge >= 0.3 is 0 Å². The lowest BCUT2D eigenvalue weighted by molar-refractivity contribution is 0.205. The minimum absolute atomic E-state index is 0.164. The minimum atomic E-state index is -2.88. The van der Waals surface area contributed by atoms with E-state index in [9.17, 15) is 8.42 Å². The second kappa shape index (κ2) is 7.96. The molecule has 8 nitrogen and oxygen atoms in total. The van der Waals surface area contributed by atoms with Gasteiger partial charge in [-0.1, -0.05) is 12.1 Å². The number of benzene rings is 1. The molecule has 0 amide bonds. The van der Waals surface area contributed by atoms with E-state index >= 15 is 0 Å². The fourth-order valence-electron chi connectivity index (χ4n) is 4.47. The molecule has 30 heavy (non-hydrogen) atoms. The zero-order valence-electron chi connectivity index (χ0n) is 16.9. The first-order chi connectivity index (χ1) is 14.6. The van der Waals surface area contributed by atoms with E-state index in [2.05, 4.69) is 30.4 Å². The van der Waals surface area contributed by atoms with Crippen molar-refractivity contribution < 1.29 is 8.42 Å². The molecule has 158 valence electrons. The maximum Gasteiger partial charge on any atom is 0.225 e. The summed E-state index contributed by atoms with van der Waals surface area (Å²) in [6, 6.07) is 10.0. The van der Waals surface area contributed by atoms with Gasteiger partial charge in [-0.05, 0) is 30.5 Å². The third-order valence-electron chi connectivity index (χ3n) is 6.08. The van der Waals surface area contributed by atoms with Crippen molar-refractivity contribution in [1.82, 2.24) is 24.4 Å². The van der Waals surface area contributed by atoms with Gasteiger partial charge in [-0.2, -0.15) is 0 Å². The first-order valence-electron chi connectivity index (χ1n) is 10.5. The van der Waals surface area contributed by atoms with Gasteiger partial charge in [0, 0.05) is 45.0 Å². The fraction of sp³-hybridized carbons (Fsp3) is 0.476. The van der Waals surface area contributed by atoms with E-state index in [1.54, 1.807) is 12.4 Å². The summed E-state index contributed by atoms with van der Waals surface area (Å²) < 4.78 is 26.1. The van der Waals surface area contributed by atoms with Crippen LogP contribution in [0.2, 0.25) is 0 Å². The number of aromatic nitrogens is 4. The normalized spacial score (nSPS) is 22.0. The van der Waals surface area contributed by atoms with Crippen molar-refractivity contribution in [2.24, 2.45) is 5.92 Å². The molecule has 0 saturated carbocycles. The van der Waals surface area contributed by atoms with Gasteiger partial charge < -0.3 is 9.47 Å². The van der Waals surface area contributed by atoms with Gasteiger partial charge in [0.15, 0.2) is 9.84 Å². The molecule has 2 aliphatic rings. The molecule has 0 radical (unpaired) electrons. The van der Waals surface area contributed by atoms with Crippen LogP contribution in [0.4, 0.5) is 5.95 Å². The lowest BCUT2D eigenvalue weighted by Gasteiger charge is -2.35. The molecule has 5 rings (SSSR count). The zero-order chi connectivity index (χ0) is 20.6. The lowest BCUT2D eigenvalue weighted by atomic mass is 10.1. The van der Waals surface area contributed by atoms with Crippen molar-refractivity contribution in [3.05, 3.63) is 48.5 Å². The van der Waals surface area contributed by atoms with Gasteiger partial charge in [0.25, 0.3) is 0 Å². The number of hydrogen-bond donors (Lipinski definition) is 0. The Morgan fingerprint density at radius 3 is 2.50 bits per heavy atom. The molecule has 0 aliphatic carbocycles. The highest BCUT2D eigenvalue weighted by atomic mass is 32.2. The second-order valence-corrected chi connectivity index (χ2v) is 10.4. The van der Waals surface area contributed by atoms with Gasteiger partial charge in [0.05, 0.1) is 29.2 Å². The second-order valence-electron chi connectivity index (χ2n) is 8.21. The third-order valence-corrected chi connectivity index (χ3v) is 7.92. The van der Waals surface area contributed by atoms with E-state index in [0.29, 0.717) is 12.2 Å². The predicted octanol–water partition coefficient (Wildman–Crippen LogP) is 1.58. The third kappa shape index (κ3) is 4.04. The van der Waals surface area contributed by atoms with Crippen LogP contribution in [0.5, 0.6) is 0 Å². The Morgan fingerprint density at radius 1 is 1.00 bits per heavy atom. The summed E-state index contributed by atoms with van der Waals surface area (Å²) in [5, 5.41) is 0. The quantitative estimate of drug-likeness (QED) is 0.612. The SMILES string of the molecule is O=S1(=O)CCC(Cc2nc3ccccc3n2CN2CCN(c3ncccn3)CC2)C1. The Balaban J connectivity index is 1.33. The Kier molecular flexibility index (Phi) is 5.16. The van der Waals surface area contributed by atoms with E-state index in [4.69, 9.17) is 4.98 Å². The topological polar surface area (TPSA) is 84.2 Å². The molecule has 2 aromatic heterocycles. The molecule has 0 bridgehead atoms. The van der Waals surface area contributed by atoms with E-state index in [1.807, 2.05) is 24.3 Å². The average Bonchev–Trinajstić information content (AvgIpc) is 3.28. The largest absolute Gasteiger partial charge is 0.338 e. The number of fused-ring (bicyclic) bond motifs is 1. The van der Waals surface area contributed by atoms with Crippen molar-refractivity contribution in [2.45, 2.75) is 19.5 Å². The Hall–Kier alpha value is -2.52. The highest BCUT2D eigenvalue weighted by Crippen LogP contribution is 2.25. The maximum atomic E-state index is 11.9. The highest BCUT2D eigenvalue weighted by molar-refractivity contribution is 7.91. The van der Waals surface area contributed by atoms with Gasteiger partial charge in [-0.3, -0.25) is 4.90 Å². The van der Waals surface area contributed by atoms with Crippen LogP contribution < -0.4 is 4.90 Å². The first kappa shape index (κ1) is 19.4. The molecule has 2 aliphatic heterocycles. The number of anilines is 1. The van der Waals surface area contributed by atoms with Crippen LogP contribution in [-0.2, 0) is 22.9 Å². The van der Waals surface area contributed by atoms with Crippen LogP contribution in [0.3, 0.4) is 0 Å². The molecule has 2 fully saturated rings. The van der Waals surface area contributed by atoms with E-state index in [-0.39, 0.29) is 11.7 Å². The Bertz CT molecular complexity index is 1120. The summed E-state index contributed by atoms with van der Waals surface area (Å²) in [5.74, 6) is 2.53. The minimum Gasteiger partial charge on any atom is -0.338 e. The van der Waals surface area contributed by atoms with Crippen LogP contribution in [0.25, 0.3) is 11.0 Å². The maximum absolute atomic E-state index is 11.9. The van der Waals surface area contributed by atoms with Crippen LogP contribution >= 0.6 is 0 Å². The number of sulfone groups is 1. The average molecular weight is 427 g/mol. The molecule has 4 heterocycles. The monoisotopic (exact) mass is 426 g/mol. The number of imidazole rings is 1. The molecular weight excluding hydrogens is 400 g/mol. The molecular formula is C21H26N6O2S. The van der Waals surface area contributed by atoms with Crippen molar-refractivity contribution in [3.8, 4) is 0 Å². The summed E-state index contributed by atoms with van der Waals surface area (Å²) in [7, 11) is -2.88. The van der Waals surface area contributed by atoms with E-state index in [1.165, 1.54) is 0 Å². The Labute approximate surface area is 176 Å². The number of rotatable bonds is 5. The first-order valence-corrected chi connectivity index (χ1v) is 12.3. The molecule has 1 unspecified atom stereocenters. The Morgan fingerprint density at radius 2 is 1.77 bits per heavy atom. The van der Waals surface area contributed by atoms with E-state index < -0.39 is 9.84 Å². The van der Waals surface area contributed by atoms with Crippen molar-refractivity contribution >= 4 is 26.8 Å². The summed E-state index contributed by atoms with van der Waals surface area (Å²) in [4.78, 5) is 18.2. The zero-order valence-corrected chi connectivity index (χ0v) is 17.7. The number of para-hydroxylation sites is 2. The van der Waals surface area contributed by atoms with Gasteiger partial charge in [-0.15, -0.1) is 0 Å². The smallest absolute Gasteiger partial charge is 0.225 e. The van der Waals surface area contributed by atoms with E-state index in [0.717, 1.165) is 62.1 Å². The number of piperazine rings is 1. The lowest BCUT2D eigenvalue weighted by Crippen LogP contribution is -2.47. The van der Waals surface area contributed by atoms with Crippen LogP contribution in [0.1, 0.15) is 12.2 Å². The molecule has 1 atom stereocenters. The van der Waals surface area contributed by atoms with Crippen molar-refractivity contribution in [2.75, 3.05) is 42.6 Å². The van der Waals surface area contributed by atoms with Crippen LogP contribution in [0, 0.1) is 5.92 Å². The van der Waals surface area contributed by atoms with Gasteiger partial charge in [-0.25, -0.2) is 23.4 Å². The predicted molar refractivity (Wildman–Crippen MR) is 116 cm³/mol. The molecule has 2 saturated heterocycles. The molecule has 0 spiro atoms.